The van der Waals surface area contributed by atoms with Crippen LogP contribution in [0.4, 0.5) is 39.0 Å². The summed E-state index contributed by atoms with van der Waals surface area (Å²) in [6, 6.07) is 0.773. The molecule has 0 amide bonds. The highest BCUT2D eigenvalue weighted by Gasteiger charge is 2.48. The SMILES string of the molecule is Cc1c(F)c(N)cc(-c2ncc(NCC3CCC(C[C@H](C)S)N3)c(N=C(N)OCC34CCNC3COC4)c2F)c1C(F)(F)F. The lowest BCUT2D eigenvalue weighted by Crippen LogP contribution is -2.40. The molecule has 0 aliphatic carbocycles. The van der Waals surface area contributed by atoms with E-state index in [1.54, 1.807) is 0 Å². The molecule has 3 aliphatic rings. The summed E-state index contributed by atoms with van der Waals surface area (Å²) in [4.78, 5) is 8.22. The van der Waals surface area contributed by atoms with Crippen molar-refractivity contribution >= 4 is 35.7 Å². The van der Waals surface area contributed by atoms with E-state index in [1.807, 2.05) is 6.92 Å². The number of halogens is 5. The molecule has 2 aromatic rings. The van der Waals surface area contributed by atoms with Crippen molar-refractivity contribution in [2.24, 2.45) is 16.1 Å². The number of thiol groups is 1. The van der Waals surface area contributed by atoms with Gasteiger partial charge in [-0.1, -0.05) is 6.92 Å². The third-order valence-corrected chi connectivity index (χ3v) is 8.93. The van der Waals surface area contributed by atoms with Crippen molar-refractivity contribution in [3.8, 4) is 11.3 Å². The number of hydrogen-bond acceptors (Lipinski definition) is 9. The normalized spacial score (nSPS) is 26.2. The zero-order valence-corrected chi connectivity index (χ0v) is 25.4. The second kappa shape index (κ2) is 12.9. The molecule has 4 unspecified atom stereocenters. The van der Waals surface area contributed by atoms with Gasteiger partial charge in [-0.2, -0.15) is 30.8 Å². The monoisotopic (exact) mass is 643 g/mol. The fourth-order valence-electron chi connectivity index (χ4n) is 6.42. The molecule has 9 nitrogen and oxygen atoms in total. The summed E-state index contributed by atoms with van der Waals surface area (Å²) >= 11 is 4.46. The molecule has 7 N–H and O–H groups in total. The molecule has 5 rings (SSSR count). The Balaban J connectivity index is 1.49. The van der Waals surface area contributed by atoms with Gasteiger partial charge < -0.3 is 36.9 Å². The summed E-state index contributed by atoms with van der Waals surface area (Å²) in [5.74, 6) is -2.43. The highest BCUT2D eigenvalue weighted by atomic mass is 32.1. The van der Waals surface area contributed by atoms with Gasteiger partial charge in [-0.05, 0) is 50.8 Å². The van der Waals surface area contributed by atoms with Gasteiger partial charge in [0.2, 0.25) is 0 Å². The van der Waals surface area contributed by atoms with E-state index in [1.165, 1.54) is 6.20 Å². The van der Waals surface area contributed by atoms with Crippen molar-refractivity contribution in [2.45, 2.75) is 69.1 Å². The van der Waals surface area contributed by atoms with Crippen LogP contribution >= 0.6 is 12.6 Å². The number of amidine groups is 1. The average Bonchev–Trinajstić information content (AvgIpc) is 3.66. The second-order valence-electron chi connectivity index (χ2n) is 12.0. The number of rotatable bonds is 9. The number of alkyl halides is 3. The Morgan fingerprint density at radius 3 is 2.77 bits per heavy atom. The largest absolute Gasteiger partial charge is 0.464 e. The Morgan fingerprint density at radius 2 is 2.05 bits per heavy atom. The number of pyridine rings is 1. The summed E-state index contributed by atoms with van der Waals surface area (Å²) < 4.78 is 84.5. The van der Waals surface area contributed by atoms with Crippen LogP contribution in [-0.2, 0) is 15.7 Å². The number of nitrogens with one attached hydrogen (secondary N) is 3. The first kappa shape index (κ1) is 32.5. The maximum absolute atomic E-state index is 16.3. The first-order valence-corrected chi connectivity index (χ1v) is 15.1. The summed E-state index contributed by atoms with van der Waals surface area (Å²) in [5, 5.41) is 10.2. The topological polar surface area (TPSA) is 132 Å². The van der Waals surface area contributed by atoms with E-state index in [9.17, 15) is 17.6 Å². The zero-order valence-electron chi connectivity index (χ0n) is 24.5. The van der Waals surface area contributed by atoms with Gasteiger partial charge in [0.15, 0.2) is 5.82 Å². The Bertz CT molecular complexity index is 1400. The molecule has 4 heterocycles. The fourth-order valence-corrected chi connectivity index (χ4v) is 6.67. The van der Waals surface area contributed by atoms with E-state index in [4.69, 9.17) is 20.9 Å². The number of anilines is 2. The molecule has 44 heavy (non-hydrogen) atoms. The standard InChI is InChI=1S/C29H38F5N7O2S/c1-14(44)7-16-3-4-17(40-16)9-38-20-10-39-25(18-8-19(35)23(30)15(2)22(18)29(32,33)34)24(31)26(20)41-27(36)43-13-28-5-6-37-21(28)11-42-12-28/h8,10,14,16-17,21,37-38,40,44H,3-7,9,11-13,35H2,1-2H3,(H2,36,39,41)/t14-,16?,17?,21?,28?/m0/s1. The quantitative estimate of drug-likeness (QED) is 0.0774. The van der Waals surface area contributed by atoms with E-state index >= 15 is 4.39 Å². The van der Waals surface area contributed by atoms with Crippen LogP contribution in [-0.4, -0.2) is 67.3 Å². The van der Waals surface area contributed by atoms with Gasteiger partial charge >= 0.3 is 6.18 Å². The number of benzene rings is 1. The molecular formula is C29H38F5N7O2S. The summed E-state index contributed by atoms with van der Waals surface area (Å²) in [6.45, 7) is 5.26. The molecule has 5 atom stereocenters. The molecule has 3 saturated heterocycles. The molecule has 0 radical (unpaired) electrons. The molecule has 0 bridgehead atoms. The zero-order chi connectivity index (χ0) is 31.8. The average molecular weight is 644 g/mol. The van der Waals surface area contributed by atoms with Gasteiger partial charge in [-0.15, -0.1) is 0 Å². The van der Waals surface area contributed by atoms with Crippen molar-refractivity contribution in [1.82, 2.24) is 15.6 Å². The van der Waals surface area contributed by atoms with Gasteiger partial charge in [-0.25, -0.2) is 8.78 Å². The van der Waals surface area contributed by atoms with Crippen LogP contribution in [0.5, 0.6) is 0 Å². The second-order valence-corrected chi connectivity index (χ2v) is 12.9. The molecule has 0 saturated carbocycles. The van der Waals surface area contributed by atoms with E-state index in [0.29, 0.717) is 19.8 Å². The number of hydrogen-bond donors (Lipinski definition) is 6. The highest BCUT2D eigenvalue weighted by molar-refractivity contribution is 7.80. The van der Waals surface area contributed by atoms with Crippen LogP contribution in [0, 0.1) is 24.0 Å². The smallest absolute Gasteiger partial charge is 0.417 e. The van der Waals surface area contributed by atoms with Gasteiger partial charge in [0.1, 0.15) is 23.8 Å². The van der Waals surface area contributed by atoms with Crippen molar-refractivity contribution in [3.63, 3.8) is 0 Å². The number of aliphatic imine (C=N–C) groups is 1. The number of nitrogens with two attached hydrogens (primary N) is 2. The van der Waals surface area contributed by atoms with Crippen LogP contribution in [0.2, 0.25) is 0 Å². The van der Waals surface area contributed by atoms with Crippen LogP contribution in [0.1, 0.15) is 43.7 Å². The third kappa shape index (κ3) is 6.70. The lowest BCUT2D eigenvalue weighted by molar-refractivity contribution is -0.137. The minimum Gasteiger partial charge on any atom is -0.464 e. The van der Waals surface area contributed by atoms with E-state index in [-0.39, 0.29) is 52.8 Å². The van der Waals surface area contributed by atoms with Crippen molar-refractivity contribution in [2.75, 3.05) is 44.0 Å². The van der Waals surface area contributed by atoms with Crippen LogP contribution < -0.4 is 27.4 Å². The van der Waals surface area contributed by atoms with E-state index < -0.39 is 45.9 Å². The van der Waals surface area contributed by atoms with Crippen molar-refractivity contribution in [3.05, 3.63) is 35.0 Å². The molecule has 0 spiro atoms. The minimum atomic E-state index is -5.02. The van der Waals surface area contributed by atoms with Gasteiger partial charge in [0.05, 0.1) is 36.3 Å². The van der Waals surface area contributed by atoms with E-state index in [2.05, 4.69) is 38.6 Å². The predicted molar refractivity (Wildman–Crippen MR) is 162 cm³/mol. The van der Waals surface area contributed by atoms with Crippen LogP contribution in [0.25, 0.3) is 11.3 Å². The Morgan fingerprint density at radius 1 is 1.30 bits per heavy atom. The Hall–Kier alpha value is -2.88. The van der Waals surface area contributed by atoms with Crippen molar-refractivity contribution in [1.29, 1.82) is 0 Å². The summed E-state index contributed by atoms with van der Waals surface area (Å²) in [7, 11) is 0. The lowest BCUT2D eigenvalue weighted by atomic mass is 9.84. The van der Waals surface area contributed by atoms with Gasteiger partial charge in [0.25, 0.3) is 6.02 Å². The van der Waals surface area contributed by atoms with Crippen LogP contribution in [0.15, 0.2) is 17.3 Å². The maximum Gasteiger partial charge on any atom is 0.417 e. The minimum absolute atomic E-state index is 0.0462. The number of nitrogen functional groups attached to an aromatic ring is 1. The number of nitrogens with zero attached hydrogens (tertiary/aromatic N) is 2. The first-order chi connectivity index (χ1) is 20.8. The third-order valence-electron chi connectivity index (χ3n) is 8.72. The summed E-state index contributed by atoms with van der Waals surface area (Å²) in [6.07, 6.45) is -0.354. The van der Waals surface area contributed by atoms with Crippen molar-refractivity contribution < 1.29 is 31.4 Å². The number of ether oxygens (including phenoxy) is 2. The molecule has 242 valence electrons. The fraction of sp³-hybridized carbons (Fsp3) is 0.586. The molecule has 3 fully saturated rings. The Kier molecular flexibility index (Phi) is 9.50. The Labute approximate surface area is 258 Å². The lowest BCUT2D eigenvalue weighted by Gasteiger charge is -2.26. The number of fused-ring (bicyclic) bond motifs is 1. The molecule has 1 aromatic heterocycles. The number of aromatic nitrogens is 1. The molecule has 15 heteroatoms. The molecule has 1 aromatic carbocycles. The molecule has 3 aliphatic heterocycles. The van der Waals surface area contributed by atoms with Crippen LogP contribution in [0.3, 0.4) is 0 Å². The van der Waals surface area contributed by atoms with Gasteiger partial charge in [-0.3, -0.25) is 4.98 Å². The van der Waals surface area contributed by atoms with E-state index in [0.717, 1.165) is 45.2 Å². The summed E-state index contributed by atoms with van der Waals surface area (Å²) in [5.41, 5.74) is 7.07. The maximum atomic E-state index is 16.3. The molecular weight excluding hydrogens is 605 g/mol. The highest BCUT2D eigenvalue weighted by Crippen LogP contribution is 2.44. The first-order valence-electron chi connectivity index (χ1n) is 14.6. The predicted octanol–water partition coefficient (Wildman–Crippen LogP) is 4.52. The van der Waals surface area contributed by atoms with Gasteiger partial charge in [0, 0.05) is 40.9 Å².